The second-order valence-corrected chi connectivity index (χ2v) is 14.3. The number of alkyl halides is 3. The van der Waals surface area contributed by atoms with E-state index in [2.05, 4.69) is 21.2 Å². The van der Waals surface area contributed by atoms with Crippen LogP contribution in [-0.4, -0.2) is 43.8 Å². The second-order valence-electron chi connectivity index (χ2n) is 11.2. The molecule has 0 fully saturated rings. The molecule has 0 aliphatic carbocycles. The Morgan fingerprint density at radius 2 is 1.50 bits per heavy atom. The molecule has 48 heavy (non-hydrogen) atoms. The Morgan fingerprint density at radius 3 is 2.08 bits per heavy atom. The number of halogens is 5. The van der Waals surface area contributed by atoms with E-state index in [1.54, 1.807) is 42.5 Å². The van der Waals surface area contributed by atoms with Crippen LogP contribution in [0.25, 0.3) is 0 Å². The van der Waals surface area contributed by atoms with Crippen molar-refractivity contribution in [1.29, 1.82) is 0 Å². The van der Waals surface area contributed by atoms with Crippen LogP contribution in [0.2, 0.25) is 5.02 Å². The maximum atomic E-state index is 14.5. The van der Waals surface area contributed by atoms with E-state index in [1.165, 1.54) is 29.2 Å². The van der Waals surface area contributed by atoms with E-state index in [1.807, 2.05) is 32.0 Å². The van der Waals surface area contributed by atoms with E-state index in [0.717, 1.165) is 22.2 Å². The molecule has 4 aromatic carbocycles. The van der Waals surface area contributed by atoms with Crippen LogP contribution in [0.1, 0.15) is 37.0 Å². The minimum absolute atomic E-state index is 0.0921. The van der Waals surface area contributed by atoms with E-state index in [4.69, 9.17) is 11.6 Å². The summed E-state index contributed by atoms with van der Waals surface area (Å²) in [5.41, 5.74) is -0.291. The van der Waals surface area contributed by atoms with E-state index >= 15 is 0 Å². The summed E-state index contributed by atoms with van der Waals surface area (Å²) in [7, 11) is -4.60. The highest BCUT2D eigenvalue weighted by atomic mass is 79.9. The maximum absolute atomic E-state index is 14.5. The van der Waals surface area contributed by atoms with Gasteiger partial charge in [-0.05, 0) is 66.9 Å². The van der Waals surface area contributed by atoms with Crippen LogP contribution in [0.4, 0.5) is 18.9 Å². The topological polar surface area (TPSA) is 86.8 Å². The zero-order valence-corrected chi connectivity index (χ0v) is 29.3. The lowest BCUT2D eigenvalue weighted by atomic mass is 10.0. The average Bonchev–Trinajstić information content (AvgIpc) is 3.06. The molecule has 4 rings (SSSR count). The summed E-state index contributed by atoms with van der Waals surface area (Å²) in [5, 5.41) is 2.31. The Bertz CT molecular complexity index is 1810. The number of nitrogens with one attached hydrogen (secondary N) is 1. The van der Waals surface area contributed by atoms with Gasteiger partial charge >= 0.3 is 6.18 Å². The molecule has 0 heterocycles. The fourth-order valence-corrected chi connectivity index (χ4v) is 6.83. The van der Waals surface area contributed by atoms with E-state index in [-0.39, 0.29) is 23.9 Å². The predicted molar refractivity (Wildman–Crippen MR) is 184 cm³/mol. The van der Waals surface area contributed by atoms with Gasteiger partial charge in [-0.1, -0.05) is 95.1 Å². The van der Waals surface area contributed by atoms with Crippen LogP contribution in [0.15, 0.2) is 112 Å². The minimum Gasteiger partial charge on any atom is -0.352 e. The number of rotatable bonds is 13. The molecule has 254 valence electrons. The number of hydrogen-bond donors (Lipinski definition) is 1. The standard InChI is InChI=1S/C35H34BrClF3N3O4S/c1-3-24(2)41-34(45)32(20-25-10-6-4-7-11-25)42(22-26-14-16-27(36)17-15-26)33(44)23-43(48(46,47)29-12-8-5-9-13-29)28-18-19-31(37)30(21-28)35(38,39)40/h4-19,21,24,32H,3,20,22-23H2,1-2H3,(H,41,45)/t24-,32+/m1/s1. The first kappa shape index (κ1) is 37.0. The molecule has 1 N–H and O–H groups in total. The lowest BCUT2D eigenvalue weighted by Crippen LogP contribution is -2.54. The largest absolute Gasteiger partial charge is 0.417 e. The number of carbonyl (C=O) groups excluding carboxylic acids is 2. The Morgan fingerprint density at radius 1 is 0.896 bits per heavy atom. The van der Waals surface area contributed by atoms with Crippen LogP contribution < -0.4 is 9.62 Å². The summed E-state index contributed by atoms with van der Waals surface area (Å²) in [6, 6.07) is 24.5. The van der Waals surface area contributed by atoms with E-state index in [9.17, 15) is 31.2 Å². The molecule has 2 atom stereocenters. The van der Waals surface area contributed by atoms with Gasteiger partial charge in [-0.25, -0.2) is 8.42 Å². The van der Waals surface area contributed by atoms with Crippen LogP contribution in [0, 0.1) is 0 Å². The van der Waals surface area contributed by atoms with Crippen molar-refractivity contribution in [1.82, 2.24) is 10.2 Å². The summed E-state index contributed by atoms with van der Waals surface area (Å²) in [4.78, 5) is 29.4. The van der Waals surface area contributed by atoms with Gasteiger partial charge in [0.25, 0.3) is 10.0 Å². The number of carbonyl (C=O) groups is 2. The third kappa shape index (κ3) is 9.39. The normalized spacial score (nSPS) is 13.0. The SMILES string of the molecule is CC[C@@H](C)NC(=O)[C@H](Cc1ccccc1)N(Cc1ccc(Br)cc1)C(=O)CN(c1ccc(Cl)c(C(F)(F)F)c1)S(=O)(=O)c1ccccc1. The molecule has 0 saturated heterocycles. The van der Waals surface area contributed by atoms with Crippen molar-refractivity contribution in [3.05, 3.63) is 129 Å². The van der Waals surface area contributed by atoms with Crippen molar-refractivity contribution in [3.63, 3.8) is 0 Å². The molecule has 0 aliphatic heterocycles. The Hall–Kier alpha value is -3.87. The van der Waals surface area contributed by atoms with Crippen molar-refractivity contribution in [2.24, 2.45) is 0 Å². The first-order valence-electron chi connectivity index (χ1n) is 15.0. The number of hydrogen-bond acceptors (Lipinski definition) is 4. The monoisotopic (exact) mass is 763 g/mol. The maximum Gasteiger partial charge on any atom is 0.417 e. The molecule has 0 bridgehead atoms. The van der Waals surface area contributed by atoms with Crippen LogP contribution in [0.5, 0.6) is 0 Å². The van der Waals surface area contributed by atoms with Gasteiger partial charge < -0.3 is 10.2 Å². The first-order chi connectivity index (χ1) is 22.7. The molecule has 0 unspecified atom stereocenters. The Kier molecular flexibility index (Phi) is 12.3. The number of sulfonamides is 1. The molecule has 13 heteroatoms. The summed E-state index contributed by atoms with van der Waals surface area (Å²) in [6.07, 6.45) is -4.19. The highest BCUT2D eigenvalue weighted by Crippen LogP contribution is 2.38. The zero-order valence-electron chi connectivity index (χ0n) is 26.1. The van der Waals surface area contributed by atoms with E-state index < -0.39 is 56.9 Å². The Labute approximate surface area is 291 Å². The van der Waals surface area contributed by atoms with Crippen molar-refractivity contribution in [2.75, 3.05) is 10.8 Å². The molecule has 0 spiro atoms. The third-order valence-electron chi connectivity index (χ3n) is 7.69. The number of benzene rings is 4. The number of anilines is 1. The van der Waals surface area contributed by atoms with Gasteiger partial charge in [-0.3, -0.25) is 13.9 Å². The van der Waals surface area contributed by atoms with Crippen molar-refractivity contribution >= 4 is 55.1 Å². The summed E-state index contributed by atoms with van der Waals surface area (Å²) >= 11 is 9.26. The molecule has 0 aromatic heterocycles. The Balaban J connectivity index is 1.86. The molecule has 0 saturated carbocycles. The first-order valence-corrected chi connectivity index (χ1v) is 17.6. The van der Waals surface area contributed by atoms with Gasteiger partial charge in [0.05, 0.1) is 21.2 Å². The fraction of sp³-hybridized carbons (Fsp3) is 0.257. The lowest BCUT2D eigenvalue weighted by Gasteiger charge is -2.34. The van der Waals surface area contributed by atoms with Crippen molar-refractivity contribution < 1.29 is 31.2 Å². The summed E-state index contributed by atoms with van der Waals surface area (Å²) in [6.45, 7) is 2.72. The molecule has 0 aliphatic rings. The van der Waals surface area contributed by atoms with Gasteiger partial charge in [0, 0.05) is 23.5 Å². The number of amides is 2. The van der Waals surface area contributed by atoms with Crippen LogP contribution in [-0.2, 0) is 38.8 Å². The van der Waals surface area contributed by atoms with Crippen molar-refractivity contribution in [3.8, 4) is 0 Å². The molecule has 4 aromatic rings. The summed E-state index contributed by atoms with van der Waals surface area (Å²) < 4.78 is 71.3. The average molecular weight is 765 g/mol. The minimum atomic E-state index is -4.90. The van der Waals surface area contributed by atoms with Crippen LogP contribution >= 0.6 is 27.5 Å². The van der Waals surface area contributed by atoms with Gasteiger partial charge in [0.15, 0.2) is 0 Å². The second kappa shape index (κ2) is 16.0. The van der Waals surface area contributed by atoms with E-state index in [0.29, 0.717) is 22.4 Å². The fourth-order valence-electron chi connectivity index (χ4n) is 4.92. The molecule has 0 radical (unpaired) electrons. The lowest BCUT2D eigenvalue weighted by molar-refractivity contribution is -0.140. The quantitative estimate of drug-likeness (QED) is 0.150. The highest BCUT2D eigenvalue weighted by Gasteiger charge is 2.37. The van der Waals surface area contributed by atoms with Gasteiger partial charge in [0.2, 0.25) is 11.8 Å². The summed E-state index contributed by atoms with van der Waals surface area (Å²) in [5.74, 6) is -1.26. The zero-order chi connectivity index (χ0) is 35.1. The van der Waals surface area contributed by atoms with Gasteiger partial charge in [-0.15, -0.1) is 0 Å². The predicted octanol–water partition coefficient (Wildman–Crippen LogP) is 7.87. The molecular weight excluding hydrogens is 731 g/mol. The van der Waals surface area contributed by atoms with Gasteiger partial charge in [-0.2, -0.15) is 13.2 Å². The van der Waals surface area contributed by atoms with Gasteiger partial charge in [0.1, 0.15) is 12.6 Å². The number of nitrogens with zero attached hydrogens (tertiary/aromatic N) is 2. The van der Waals surface area contributed by atoms with Crippen LogP contribution in [0.3, 0.4) is 0 Å². The third-order valence-corrected chi connectivity index (χ3v) is 10.3. The van der Waals surface area contributed by atoms with Crippen molar-refractivity contribution in [2.45, 2.75) is 56.4 Å². The highest BCUT2D eigenvalue weighted by molar-refractivity contribution is 9.10. The smallest absolute Gasteiger partial charge is 0.352 e. The molecule has 7 nitrogen and oxygen atoms in total. The molecular formula is C35H34BrClF3N3O4S. The molecule has 2 amide bonds.